The van der Waals surface area contributed by atoms with Gasteiger partial charge in [0, 0.05) is 18.3 Å². The number of hydrogen-bond donors (Lipinski definition) is 3. The zero-order chi connectivity index (χ0) is 13.5. The number of aliphatic carboxylic acids is 1. The second-order valence-electron chi connectivity index (χ2n) is 3.73. The van der Waals surface area contributed by atoms with Crippen LogP contribution in [0, 0.1) is 6.92 Å². The SMILES string of the molecule is CCNC(=O)Nc1cc(/C=C/C(=O)O)ccc1C. The maximum Gasteiger partial charge on any atom is 0.328 e. The van der Waals surface area contributed by atoms with Crippen LogP contribution in [-0.4, -0.2) is 23.7 Å². The molecule has 0 atom stereocenters. The van der Waals surface area contributed by atoms with Crippen LogP contribution in [-0.2, 0) is 4.79 Å². The first-order valence-corrected chi connectivity index (χ1v) is 5.59. The van der Waals surface area contributed by atoms with Crippen molar-refractivity contribution in [2.45, 2.75) is 13.8 Å². The molecule has 0 aromatic heterocycles. The molecule has 0 spiro atoms. The molecule has 0 radical (unpaired) electrons. The third-order valence-electron chi connectivity index (χ3n) is 2.27. The van der Waals surface area contributed by atoms with E-state index in [1.165, 1.54) is 6.08 Å². The highest BCUT2D eigenvalue weighted by Crippen LogP contribution is 2.17. The van der Waals surface area contributed by atoms with E-state index in [1.807, 2.05) is 19.9 Å². The smallest absolute Gasteiger partial charge is 0.328 e. The fourth-order valence-electron chi connectivity index (χ4n) is 1.37. The second-order valence-corrected chi connectivity index (χ2v) is 3.73. The molecule has 0 saturated heterocycles. The maximum atomic E-state index is 11.4. The van der Waals surface area contributed by atoms with Gasteiger partial charge in [0.15, 0.2) is 0 Å². The fraction of sp³-hybridized carbons (Fsp3) is 0.231. The minimum Gasteiger partial charge on any atom is -0.478 e. The largest absolute Gasteiger partial charge is 0.478 e. The van der Waals surface area contributed by atoms with Crippen molar-refractivity contribution < 1.29 is 14.7 Å². The van der Waals surface area contributed by atoms with Crippen LogP contribution in [0.4, 0.5) is 10.5 Å². The van der Waals surface area contributed by atoms with E-state index < -0.39 is 5.97 Å². The van der Waals surface area contributed by atoms with Gasteiger partial charge in [-0.3, -0.25) is 0 Å². The molecule has 0 fully saturated rings. The van der Waals surface area contributed by atoms with Gasteiger partial charge in [0.25, 0.3) is 0 Å². The summed E-state index contributed by atoms with van der Waals surface area (Å²) in [6.45, 7) is 4.24. The Labute approximate surface area is 106 Å². The van der Waals surface area contributed by atoms with E-state index >= 15 is 0 Å². The van der Waals surface area contributed by atoms with E-state index in [0.29, 0.717) is 12.2 Å². The van der Waals surface area contributed by atoms with Crippen molar-refractivity contribution in [3.8, 4) is 0 Å². The normalized spacial score (nSPS) is 10.3. The Bertz CT molecular complexity index is 481. The van der Waals surface area contributed by atoms with Gasteiger partial charge in [0.1, 0.15) is 0 Å². The predicted molar refractivity (Wildman–Crippen MR) is 70.5 cm³/mol. The van der Waals surface area contributed by atoms with Crippen LogP contribution in [0.2, 0.25) is 0 Å². The minimum atomic E-state index is -1.01. The van der Waals surface area contributed by atoms with Crippen molar-refractivity contribution in [2.75, 3.05) is 11.9 Å². The van der Waals surface area contributed by atoms with Gasteiger partial charge in [-0.2, -0.15) is 0 Å². The number of nitrogens with one attached hydrogen (secondary N) is 2. The number of carboxylic acid groups (broad SMARTS) is 1. The number of anilines is 1. The second kappa shape index (κ2) is 6.44. The van der Waals surface area contributed by atoms with Crippen molar-refractivity contribution in [1.29, 1.82) is 0 Å². The fourth-order valence-corrected chi connectivity index (χ4v) is 1.37. The lowest BCUT2D eigenvalue weighted by Crippen LogP contribution is -2.28. The highest BCUT2D eigenvalue weighted by molar-refractivity contribution is 5.91. The molecule has 5 heteroatoms. The third-order valence-corrected chi connectivity index (χ3v) is 2.27. The number of hydrogen-bond acceptors (Lipinski definition) is 2. The molecule has 0 unspecified atom stereocenters. The summed E-state index contributed by atoms with van der Waals surface area (Å²) in [5.41, 5.74) is 2.29. The molecule has 1 aromatic carbocycles. The summed E-state index contributed by atoms with van der Waals surface area (Å²) in [4.78, 5) is 21.8. The highest BCUT2D eigenvalue weighted by Gasteiger charge is 2.03. The number of carboxylic acids is 1. The lowest BCUT2D eigenvalue weighted by Gasteiger charge is -2.09. The Hall–Kier alpha value is -2.30. The van der Waals surface area contributed by atoms with Gasteiger partial charge in [0.05, 0.1) is 0 Å². The predicted octanol–water partition coefficient (Wildman–Crippen LogP) is 2.23. The van der Waals surface area contributed by atoms with Crippen LogP contribution in [0.25, 0.3) is 6.08 Å². The van der Waals surface area contributed by atoms with Crippen molar-refractivity contribution in [3.05, 3.63) is 35.4 Å². The average Bonchev–Trinajstić information content (AvgIpc) is 2.30. The topological polar surface area (TPSA) is 78.4 Å². The molecule has 0 bridgehead atoms. The van der Waals surface area contributed by atoms with Crippen LogP contribution in [0.3, 0.4) is 0 Å². The van der Waals surface area contributed by atoms with Crippen molar-refractivity contribution in [2.24, 2.45) is 0 Å². The first kappa shape index (κ1) is 13.8. The number of amides is 2. The number of urea groups is 1. The molecule has 0 heterocycles. The van der Waals surface area contributed by atoms with Gasteiger partial charge < -0.3 is 15.7 Å². The Kier molecular flexibility index (Phi) is 4.92. The standard InChI is InChI=1S/C13H16N2O3/c1-3-14-13(18)15-11-8-10(5-4-9(11)2)6-7-12(16)17/h4-8H,3H2,1-2H3,(H,16,17)(H2,14,15,18)/b7-6+. The van der Waals surface area contributed by atoms with Crippen molar-refractivity contribution >= 4 is 23.8 Å². The quantitative estimate of drug-likeness (QED) is 0.715. The Morgan fingerprint density at radius 3 is 2.72 bits per heavy atom. The van der Waals surface area contributed by atoms with Crippen molar-refractivity contribution in [1.82, 2.24) is 5.32 Å². The van der Waals surface area contributed by atoms with E-state index in [9.17, 15) is 9.59 Å². The van der Waals surface area contributed by atoms with E-state index in [2.05, 4.69) is 10.6 Å². The molecule has 2 amide bonds. The summed E-state index contributed by atoms with van der Waals surface area (Å²) >= 11 is 0. The van der Waals surface area contributed by atoms with Crippen LogP contribution >= 0.6 is 0 Å². The van der Waals surface area contributed by atoms with Gasteiger partial charge in [-0.05, 0) is 37.1 Å². The maximum absolute atomic E-state index is 11.4. The molecule has 96 valence electrons. The number of carbonyl (C=O) groups is 2. The van der Waals surface area contributed by atoms with E-state index in [1.54, 1.807) is 12.1 Å². The summed E-state index contributed by atoms with van der Waals surface area (Å²) in [5.74, 6) is -1.01. The molecule has 5 nitrogen and oxygen atoms in total. The number of benzene rings is 1. The molecule has 1 rings (SSSR count). The Balaban J connectivity index is 2.87. The van der Waals surface area contributed by atoms with Gasteiger partial charge in [-0.15, -0.1) is 0 Å². The summed E-state index contributed by atoms with van der Waals surface area (Å²) in [7, 11) is 0. The summed E-state index contributed by atoms with van der Waals surface area (Å²) < 4.78 is 0. The lowest BCUT2D eigenvalue weighted by atomic mass is 10.1. The van der Waals surface area contributed by atoms with Crippen LogP contribution in [0.5, 0.6) is 0 Å². The summed E-state index contributed by atoms with van der Waals surface area (Å²) in [6, 6.07) is 5.06. The Morgan fingerprint density at radius 1 is 1.39 bits per heavy atom. The third kappa shape index (κ3) is 4.29. The molecule has 0 aliphatic heterocycles. The molecule has 1 aromatic rings. The molecular weight excluding hydrogens is 232 g/mol. The first-order valence-electron chi connectivity index (χ1n) is 5.59. The average molecular weight is 248 g/mol. The van der Waals surface area contributed by atoms with Gasteiger partial charge in [-0.1, -0.05) is 12.1 Å². The van der Waals surface area contributed by atoms with Crippen molar-refractivity contribution in [3.63, 3.8) is 0 Å². The van der Waals surface area contributed by atoms with Crippen LogP contribution in [0.1, 0.15) is 18.1 Å². The molecular formula is C13H16N2O3. The van der Waals surface area contributed by atoms with Crippen LogP contribution in [0.15, 0.2) is 24.3 Å². The van der Waals surface area contributed by atoms with Crippen LogP contribution < -0.4 is 10.6 Å². The summed E-state index contributed by atoms with van der Waals surface area (Å²) in [5, 5.41) is 13.9. The molecule has 0 saturated carbocycles. The summed E-state index contributed by atoms with van der Waals surface area (Å²) in [6.07, 6.45) is 2.53. The highest BCUT2D eigenvalue weighted by atomic mass is 16.4. The van der Waals surface area contributed by atoms with Gasteiger partial charge in [0.2, 0.25) is 0 Å². The van der Waals surface area contributed by atoms with Gasteiger partial charge >= 0.3 is 12.0 Å². The van der Waals surface area contributed by atoms with E-state index in [4.69, 9.17) is 5.11 Å². The minimum absolute atomic E-state index is 0.278. The molecule has 0 aliphatic carbocycles. The molecule has 18 heavy (non-hydrogen) atoms. The van der Waals surface area contributed by atoms with Gasteiger partial charge in [-0.25, -0.2) is 9.59 Å². The number of carbonyl (C=O) groups excluding carboxylic acids is 1. The zero-order valence-corrected chi connectivity index (χ0v) is 10.4. The monoisotopic (exact) mass is 248 g/mol. The molecule has 3 N–H and O–H groups in total. The Morgan fingerprint density at radius 2 is 2.11 bits per heavy atom. The van der Waals surface area contributed by atoms with E-state index in [0.717, 1.165) is 17.2 Å². The molecule has 0 aliphatic rings. The van der Waals surface area contributed by atoms with E-state index in [-0.39, 0.29) is 6.03 Å². The first-order chi connectivity index (χ1) is 8.52. The number of rotatable bonds is 4. The number of aryl methyl sites for hydroxylation is 1. The lowest BCUT2D eigenvalue weighted by molar-refractivity contribution is -0.131. The zero-order valence-electron chi connectivity index (χ0n) is 10.4.